The molecule has 2 aliphatic rings. The summed E-state index contributed by atoms with van der Waals surface area (Å²) in [6.07, 6.45) is 4.32. The molecule has 4 rings (SSSR count). The van der Waals surface area contributed by atoms with Crippen molar-refractivity contribution in [2.45, 2.75) is 109 Å². The minimum Gasteiger partial charge on any atom is -0.493 e. The van der Waals surface area contributed by atoms with Crippen molar-refractivity contribution >= 4 is 17.9 Å². The SMILES string of the molecule is COCCCOc1cc(C(=O)N(C(C)C)C2CC[C@H](CCN(C(=O)Cc3ccc(F)cc3)C3CC3)N(C(=O)OC(C)(C)C)C2)ccc1OC. The first kappa shape index (κ1) is 38.0. The Morgan fingerprint density at radius 3 is 2.24 bits per heavy atom. The fourth-order valence-electron chi connectivity index (χ4n) is 6.42. The lowest BCUT2D eigenvalue weighted by Gasteiger charge is -2.45. The molecule has 0 radical (unpaired) electrons. The number of methoxy groups -OCH3 is 2. The molecular formula is C38H54FN3O7. The fourth-order valence-corrected chi connectivity index (χ4v) is 6.42. The van der Waals surface area contributed by atoms with Gasteiger partial charge in [-0.3, -0.25) is 9.59 Å². The second kappa shape index (κ2) is 17.2. The molecule has 1 unspecified atom stereocenters. The number of hydrogen-bond donors (Lipinski definition) is 0. The van der Waals surface area contributed by atoms with E-state index in [1.807, 2.05) is 44.4 Å². The smallest absolute Gasteiger partial charge is 0.410 e. The van der Waals surface area contributed by atoms with E-state index in [1.165, 1.54) is 12.1 Å². The number of nitrogens with zero attached hydrogens (tertiary/aromatic N) is 3. The maximum absolute atomic E-state index is 14.2. The van der Waals surface area contributed by atoms with Crippen LogP contribution in [0.1, 0.15) is 89.1 Å². The van der Waals surface area contributed by atoms with Gasteiger partial charge in [0.1, 0.15) is 11.4 Å². The predicted molar refractivity (Wildman–Crippen MR) is 185 cm³/mol. The van der Waals surface area contributed by atoms with Gasteiger partial charge < -0.3 is 33.6 Å². The van der Waals surface area contributed by atoms with Crippen LogP contribution in [0.15, 0.2) is 42.5 Å². The first-order chi connectivity index (χ1) is 23.3. The van der Waals surface area contributed by atoms with Gasteiger partial charge in [0.25, 0.3) is 5.91 Å². The molecule has 2 aromatic rings. The Morgan fingerprint density at radius 2 is 1.63 bits per heavy atom. The van der Waals surface area contributed by atoms with Crippen molar-refractivity contribution < 1.29 is 37.7 Å². The van der Waals surface area contributed by atoms with Gasteiger partial charge in [-0.25, -0.2) is 9.18 Å². The summed E-state index contributed by atoms with van der Waals surface area (Å²) in [5.74, 6) is 0.546. The molecule has 0 N–H and O–H groups in total. The van der Waals surface area contributed by atoms with Crippen LogP contribution < -0.4 is 9.47 Å². The topological polar surface area (TPSA) is 97.9 Å². The molecule has 3 amide bonds. The Bertz CT molecular complexity index is 1410. The van der Waals surface area contributed by atoms with E-state index in [4.69, 9.17) is 18.9 Å². The van der Waals surface area contributed by atoms with E-state index in [-0.39, 0.29) is 48.2 Å². The van der Waals surface area contributed by atoms with Crippen LogP contribution in [-0.2, 0) is 20.7 Å². The van der Waals surface area contributed by atoms with Crippen LogP contribution in [-0.4, -0.2) is 103 Å². The highest BCUT2D eigenvalue weighted by atomic mass is 19.1. The second-order valence-electron chi connectivity index (χ2n) is 14.3. The Labute approximate surface area is 290 Å². The zero-order chi connectivity index (χ0) is 35.7. The molecule has 2 atom stereocenters. The molecule has 10 nitrogen and oxygen atoms in total. The van der Waals surface area contributed by atoms with Crippen LogP contribution in [0, 0.1) is 5.82 Å². The maximum atomic E-state index is 14.2. The number of carbonyl (C=O) groups is 3. The molecule has 2 aromatic carbocycles. The van der Waals surface area contributed by atoms with Gasteiger partial charge >= 0.3 is 6.09 Å². The number of amides is 3. The highest BCUT2D eigenvalue weighted by Crippen LogP contribution is 2.33. The molecule has 1 aliphatic heterocycles. The first-order valence-corrected chi connectivity index (χ1v) is 17.5. The standard InChI is InChI=1S/C38H54FN3O7/c1-26(2)42(36(44)28-11-18-33(47-7)34(24-28)48-22-8-21-46-6)32-17-16-31(41(25-32)37(45)49-38(3,4)5)19-20-40(30-14-15-30)35(43)23-27-9-12-29(39)13-10-27/h9-13,18,24,26,30-32H,8,14-17,19-23,25H2,1-7H3/t31-,32?/m1/s1. The van der Waals surface area contributed by atoms with E-state index in [0.29, 0.717) is 69.0 Å². The molecule has 2 fully saturated rings. The third-order valence-electron chi connectivity index (χ3n) is 8.93. The lowest BCUT2D eigenvalue weighted by molar-refractivity contribution is -0.131. The van der Waals surface area contributed by atoms with E-state index in [2.05, 4.69) is 0 Å². The van der Waals surface area contributed by atoms with Crippen LogP contribution in [0.25, 0.3) is 0 Å². The summed E-state index contributed by atoms with van der Waals surface area (Å²) in [6, 6.07) is 10.9. The Balaban J connectivity index is 1.50. The third-order valence-corrected chi connectivity index (χ3v) is 8.93. The summed E-state index contributed by atoms with van der Waals surface area (Å²) in [7, 11) is 3.20. The largest absolute Gasteiger partial charge is 0.493 e. The lowest BCUT2D eigenvalue weighted by atomic mass is 9.93. The van der Waals surface area contributed by atoms with Crippen molar-refractivity contribution in [2.75, 3.05) is 40.5 Å². The molecule has 270 valence electrons. The van der Waals surface area contributed by atoms with Crippen LogP contribution >= 0.6 is 0 Å². The van der Waals surface area contributed by atoms with E-state index in [1.54, 1.807) is 49.5 Å². The lowest BCUT2D eigenvalue weighted by Crippen LogP contribution is -2.58. The molecular weight excluding hydrogens is 629 g/mol. The van der Waals surface area contributed by atoms with Gasteiger partial charge in [-0.05, 0) is 103 Å². The monoisotopic (exact) mass is 683 g/mol. The van der Waals surface area contributed by atoms with E-state index < -0.39 is 11.7 Å². The Hall–Kier alpha value is -3.86. The molecule has 0 bridgehead atoms. The average Bonchev–Trinajstić information content (AvgIpc) is 3.89. The number of piperidine rings is 1. The van der Waals surface area contributed by atoms with Gasteiger partial charge in [0.05, 0.1) is 26.2 Å². The van der Waals surface area contributed by atoms with Gasteiger partial charge in [0, 0.05) is 56.9 Å². The molecule has 1 saturated heterocycles. The zero-order valence-corrected chi connectivity index (χ0v) is 30.2. The highest BCUT2D eigenvalue weighted by Gasteiger charge is 2.40. The van der Waals surface area contributed by atoms with Gasteiger partial charge in [0.15, 0.2) is 11.5 Å². The van der Waals surface area contributed by atoms with Crippen molar-refractivity contribution in [3.05, 3.63) is 59.4 Å². The predicted octanol–water partition coefficient (Wildman–Crippen LogP) is 6.49. The summed E-state index contributed by atoms with van der Waals surface area (Å²) in [5.41, 5.74) is 0.547. The van der Waals surface area contributed by atoms with Crippen LogP contribution in [0.2, 0.25) is 0 Å². The van der Waals surface area contributed by atoms with Crippen LogP contribution in [0.3, 0.4) is 0 Å². The normalized spacial score (nSPS) is 17.9. The van der Waals surface area contributed by atoms with Gasteiger partial charge in [-0.15, -0.1) is 0 Å². The van der Waals surface area contributed by atoms with E-state index in [9.17, 15) is 18.8 Å². The minimum atomic E-state index is -0.698. The Kier molecular flexibility index (Phi) is 13.3. The molecule has 0 spiro atoms. The second-order valence-corrected chi connectivity index (χ2v) is 14.3. The molecule has 11 heteroatoms. The van der Waals surface area contributed by atoms with Gasteiger partial charge in [-0.2, -0.15) is 0 Å². The van der Waals surface area contributed by atoms with E-state index in [0.717, 1.165) is 18.4 Å². The number of carbonyl (C=O) groups excluding carboxylic acids is 3. The van der Waals surface area contributed by atoms with Crippen molar-refractivity contribution in [1.82, 2.24) is 14.7 Å². The van der Waals surface area contributed by atoms with E-state index >= 15 is 0 Å². The summed E-state index contributed by atoms with van der Waals surface area (Å²) in [5, 5.41) is 0. The summed E-state index contributed by atoms with van der Waals surface area (Å²) in [6.45, 7) is 11.3. The quantitative estimate of drug-likeness (QED) is 0.198. The third kappa shape index (κ3) is 10.8. The van der Waals surface area contributed by atoms with Gasteiger partial charge in [-0.1, -0.05) is 12.1 Å². The summed E-state index contributed by atoms with van der Waals surface area (Å²) in [4.78, 5) is 46.8. The number of likely N-dealkylation sites (tertiary alicyclic amines) is 1. The average molecular weight is 684 g/mol. The maximum Gasteiger partial charge on any atom is 0.410 e. The first-order valence-electron chi connectivity index (χ1n) is 17.5. The number of benzene rings is 2. The highest BCUT2D eigenvalue weighted by molar-refractivity contribution is 5.95. The number of hydrogen-bond acceptors (Lipinski definition) is 7. The van der Waals surface area contributed by atoms with Crippen molar-refractivity contribution in [1.29, 1.82) is 0 Å². The van der Waals surface area contributed by atoms with Crippen LogP contribution in [0.5, 0.6) is 11.5 Å². The molecule has 1 saturated carbocycles. The molecule has 1 heterocycles. The summed E-state index contributed by atoms with van der Waals surface area (Å²) >= 11 is 0. The minimum absolute atomic E-state index is 0.00438. The Morgan fingerprint density at radius 1 is 0.939 bits per heavy atom. The molecule has 0 aromatic heterocycles. The molecule has 49 heavy (non-hydrogen) atoms. The fraction of sp³-hybridized carbons (Fsp3) is 0.605. The van der Waals surface area contributed by atoms with Crippen molar-refractivity contribution in [3.63, 3.8) is 0 Å². The number of rotatable bonds is 15. The van der Waals surface area contributed by atoms with Crippen LogP contribution in [0.4, 0.5) is 9.18 Å². The van der Waals surface area contributed by atoms with Crippen molar-refractivity contribution in [3.8, 4) is 11.5 Å². The van der Waals surface area contributed by atoms with Crippen molar-refractivity contribution in [2.24, 2.45) is 0 Å². The zero-order valence-electron chi connectivity index (χ0n) is 30.2. The summed E-state index contributed by atoms with van der Waals surface area (Å²) < 4.78 is 35.9. The number of ether oxygens (including phenoxy) is 4. The number of halogens is 1. The van der Waals surface area contributed by atoms with Gasteiger partial charge in [0.2, 0.25) is 5.91 Å². The molecule has 1 aliphatic carbocycles.